The lowest BCUT2D eigenvalue weighted by molar-refractivity contribution is -0.123. The molecule has 0 saturated carbocycles. The molecule has 0 saturated heterocycles. The van der Waals surface area contributed by atoms with Crippen molar-refractivity contribution in [1.29, 1.82) is 0 Å². The van der Waals surface area contributed by atoms with Crippen LogP contribution in [0, 0.1) is 0 Å². The molecule has 2 unspecified atom stereocenters. The zero-order chi connectivity index (χ0) is 23.5. The Hall–Kier alpha value is -3.80. The second-order valence-electron chi connectivity index (χ2n) is 7.68. The maximum absolute atomic E-state index is 13.2. The van der Waals surface area contributed by atoms with Crippen LogP contribution in [0.1, 0.15) is 36.0 Å². The zero-order valence-electron chi connectivity index (χ0n) is 19.0. The quantitative estimate of drug-likeness (QED) is 0.469. The Kier molecular flexibility index (Phi) is 8.88. The van der Waals surface area contributed by atoms with E-state index >= 15 is 0 Å². The van der Waals surface area contributed by atoms with E-state index in [1.165, 1.54) is 0 Å². The Labute approximate surface area is 194 Å². The van der Waals surface area contributed by atoms with Crippen molar-refractivity contribution in [1.82, 2.24) is 10.6 Å². The summed E-state index contributed by atoms with van der Waals surface area (Å²) in [5.41, 5.74) is 2.79. The van der Waals surface area contributed by atoms with E-state index in [2.05, 4.69) is 10.6 Å². The monoisotopic (exact) mass is 446 g/mol. The zero-order valence-corrected chi connectivity index (χ0v) is 19.0. The topological polar surface area (TPSA) is 76.7 Å². The minimum atomic E-state index is -0.796. The average molecular weight is 447 g/mol. The number of alkyl carbamates (subject to hydrolysis) is 1. The van der Waals surface area contributed by atoms with E-state index < -0.39 is 12.1 Å². The number of amides is 2. The van der Waals surface area contributed by atoms with Gasteiger partial charge in [-0.3, -0.25) is 4.79 Å². The molecule has 0 aliphatic rings. The van der Waals surface area contributed by atoms with E-state index in [1.54, 1.807) is 7.11 Å². The standard InChI is InChI=1S/C27H30N2O4/c1-3-24(22-14-16-23(32-2)17-15-22)25(26(30)28-18-20-10-6-4-7-11-20)29-27(31)33-19-21-12-8-5-9-13-21/h4-17,24-25H,3,18-19H2,1-2H3,(H,28,30)(H,29,31). The average Bonchev–Trinajstić information content (AvgIpc) is 2.87. The highest BCUT2D eigenvalue weighted by atomic mass is 16.5. The van der Waals surface area contributed by atoms with Crippen molar-refractivity contribution in [2.75, 3.05) is 7.11 Å². The molecule has 0 bridgehead atoms. The van der Waals surface area contributed by atoms with Crippen molar-refractivity contribution in [2.24, 2.45) is 0 Å². The van der Waals surface area contributed by atoms with Crippen LogP contribution in [0.15, 0.2) is 84.9 Å². The molecule has 0 heterocycles. The predicted octanol–water partition coefficient (Wildman–Crippen LogP) is 4.80. The molecule has 0 spiro atoms. The SMILES string of the molecule is CCC(c1ccc(OC)cc1)C(NC(=O)OCc1ccccc1)C(=O)NCc1ccccc1. The van der Waals surface area contributed by atoms with Crippen molar-refractivity contribution in [2.45, 2.75) is 38.5 Å². The lowest BCUT2D eigenvalue weighted by Gasteiger charge is -2.27. The molecule has 0 aliphatic carbocycles. The van der Waals surface area contributed by atoms with Crippen molar-refractivity contribution in [3.8, 4) is 5.75 Å². The Morgan fingerprint density at radius 2 is 1.45 bits per heavy atom. The number of benzene rings is 3. The molecule has 3 rings (SSSR count). The molecule has 6 nitrogen and oxygen atoms in total. The van der Waals surface area contributed by atoms with Gasteiger partial charge in [0, 0.05) is 12.5 Å². The van der Waals surface area contributed by atoms with Crippen molar-refractivity contribution in [3.63, 3.8) is 0 Å². The smallest absolute Gasteiger partial charge is 0.408 e. The molecule has 2 N–H and O–H groups in total. The maximum atomic E-state index is 13.2. The number of ether oxygens (including phenoxy) is 2. The maximum Gasteiger partial charge on any atom is 0.408 e. The number of rotatable bonds is 10. The van der Waals surface area contributed by atoms with Gasteiger partial charge in [-0.1, -0.05) is 79.7 Å². The summed E-state index contributed by atoms with van der Waals surface area (Å²) in [5, 5.41) is 5.75. The number of methoxy groups -OCH3 is 1. The van der Waals surface area contributed by atoms with E-state index in [-0.39, 0.29) is 18.4 Å². The van der Waals surface area contributed by atoms with Gasteiger partial charge in [0.15, 0.2) is 0 Å². The number of carbonyl (C=O) groups is 2. The molecule has 172 valence electrons. The summed E-state index contributed by atoms with van der Waals surface area (Å²) in [7, 11) is 1.61. The van der Waals surface area contributed by atoms with Crippen LogP contribution in [-0.4, -0.2) is 25.2 Å². The van der Waals surface area contributed by atoms with Crippen LogP contribution in [0.25, 0.3) is 0 Å². The van der Waals surface area contributed by atoms with Gasteiger partial charge in [-0.2, -0.15) is 0 Å². The summed E-state index contributed by atoms with van der Waals surface area (Å²) in [6.07, 6.45) is 0.0139. The minimum absolute atomic E-state index is 0.129. The molecule has 3 aromatic carbocycles. The van der Waals surface area contributed by atoms with Crippen molar-refractivity contribution < 1.29 is 19.1 Å². The lowest BCUT2D eigenvalue weighted by Crippen LogP contribution is -2.50. The van der Waals surface area contributed by atoms with E-state index in [0.717, 1.165) is 22.4 Å². The molecule has 0 radical (unpaired) electrons. The number of nitrogens with one attached hydrogen (secondary N) is 2. The Morgan fingerprint density at radius 1 is 0.848 bits per heavy atom. The summed E-state index contributed by atoms with van der Waals surface area (Å²) in [6.45, 7) is 2.49. The molecule has 0 aliphatic heterocycles. The van der Waals surface area contributed by atoms with Crippen LogP contribution in [0.2, 0.25) is 0 Å². The Bertz CT molecular complexity index is 1010. The van der Waals surface area contributed by atoms with Gasteiger partial charge in [0.05, 0.1) is 7.11 Å². The first-order valence-corrected chi connectivity index (χ1v) is 11.0. The summed E-state index contributed by atoms with van der Waals surface area (Å²) >= 11 is 0. The third-order valence-corrected chi connectivity index (χ3v) is 5.46. The first-order chi connectivity index (χ1) is 16.1. The van der Waals surface area contributed by atoms with Crippen LogP contribution in [0.4, 0.5) is 4.79 Å². The summed E-state index contributed by atoms with van der Waals surface area (Å²) in [5.74, 6) is 0.225. The van der Waals surface area contributed by atoms with Crippen LogP contribution in [0.5, 0.6) is 5.75 Å². The van der Waals surface area contributed by atoms with Gasteiger partial charge in [0.1, 0.15) is 18.4 Å². The highest BCUT2D eigenvalue weighted by Gasteiger charge is 2.30. The third kappa shape index (κ3) is 7.10. The first kappa shape index (κ1) is 23.9. The largest absolute Gasteiger partial charge is 0.497 e. The second kappa shape index (κ2) is 12.3. The molecule has 0 aromatic heterocycles. The summed E-state index contributed by atoms with van der Waals surface area (Å²) < 4.78 is 10.6. The number of carbonyl (C=O) groups excluding carboxylic acids is 2. The minimum Gasteiger partial charge on any atom is -0.497 e. The van der Waals surface area contributed by atoms with Crippen molar-refractivity contribution in [3.05, 3.63) is 102 Å². The molecular weight excluding hydrogens is 416 g/mol. The fraction of sp³-hybridized carbons (Fsp3) is 0.259. The van der Waals surface area contributed by atoms with Crippen LogP contribution >= 0.6 is 0 Å². The van der Waals surface area contributed by atoms with Gasteiger partial charge in [0.2, 0.25) is 5.91 Å². The predicted molar refractivity (Wildman–Crippen MR) is 128 cm³/mol. The number of hydrogen-bond acceptors (Lipinski definition) is 4. The normalized spacial score (nSPS) is 12.3. The van der Waals surface area contributed by atoms with Crippen molar-refractivity contribution >= 4 is 12.0 Å². The molecule has 33 heavy (non-hydrogen) atoms. The van der Waals surface area contributed by atoms with Crippen LogP contribution in [0.3, 0.4) is 0 Å². The summed E-state index contributed by atoms with van der Waals surface area (Å²) in [4.78, 5) is 25.8. The van der Waals surface area contributed by atoms with Crippen LogP contribution < -0.4 is 15.4 Å². The molecule has 0 fully saturated rings. The molecular formula is C27H30N2O4. The molecule has 6 heteroatoms. The van der Waals surface area contributed by atoms with E-state index in [4.69, 9.17) is 9.47 Å². The fourth-order valence-corrected chi connectivity index (χ4v) is 3.65. The first-order valence-electron chi connectivity index (χ1n) is 11.0. The number of hydrogen-bond donors (Lipinski definition) is 2. The van der Waals surface area contributed by atoms with Gasteiger partial charge in [-0.05, 0) is 35.2 Å². The molecule has 2 amide bonds. The van der Waals surface area contributed by atoms with E-state index in [1.807, 2.05) is 91.9 Å². The van der Waals surface area contributed by atoms with Gasteiger partial charge in [0.25, 0.3) is 0 Å². The second-order valence-corrected chi connectivity index (χ2v) is 7.68. The lowest BCUT2D eigenvalue weighted by atomic mass is 9.88. The Morgan fingerprint density at radius 3 is 2.03 bits per heavy atom. The van der Waals surface area contributed by atoms with E-state index in [9.17, 15) is 9.59 Å². The summed E-state index contributed by atoms with van der Waals surface area (Å²) in [6, 6.07) is 25.8. The van der Waals surface area contributed by atoms with Gasteiger partial charge in [-0.15, -0.1) is 0 Å². The highest BCUT2D eigenvalue weighted by Crippen LogP contribution is 2.26. The highest BCUT2D eigenvalue weighted by molar-refractivity contribution is 5.86. The fourth-order valence-electron chi connectivity index (χ4n) is 3.65. The van der Waals surface area contributed by atoms with Gasteiger partial charge in [-0.25, -0.2) is 4.79 Å². The third-order valence-electron chi connectivity index (χ3n) is 5.46. The van der Waals surface area contributed by atoms with Crippen LogP contribution in [-0.2, 0) is 22.7 Å². The van der Waals surface area contributed by atoms with Gasteiger partial charge >= 0.3 is 6.09 Å². The Balaban J connectivity index is 1.74. The molecule has 2 atom stereocenters. The van der Waals surface area contributed by atoms with E-state index in [0.29, 0.717) is 13.0 Å². The van der Waals surface area contributed by atoms with Gasteiger partial charge < -0.3 is 20.1 Å². The molecule has 3 aromatic rings.